The van der Waals surface area contributed by atoms with Gasteiger partial charge in [-0.15, -0.1) is 5.10 Å². The predicted molar refractivity (Wildman–Crippen MR) is 94.4 cm³/mol. The topological polar surface area (TPSA) is 117 Å². The maximum atomic E-state index is 13.0. The van der Waals surface area contributed by atoms with Gasteiger partial charge in [-0.3, -0.25) is 9.78 Å². The summed E-state index contributed by atoms with van der Waals surface area (Å²) in [6, 6.07) is 2.31. The number of rotatable bonds is 4. The largest absolute Gasteiger partial charge is 0.486 e. The number of nitrogens with two attached hydrogens (primary N) is 1. The number of pyridine rings is 1. The quantitative estimate of drug-likeness (QED) is 0.679. The summed E-state index contributed by atoms with van der Waals surface area (Å²) in [7, 11) is 0. The number of hydrogen-bond donors (Lipinski definition) is 2. The van der Waals surface area contributed by atoms with Crippen LogP contribution in [0.1, 0.15) is 22.5 Å². The predicted octanol–water partition coefficient (Wildman–Crippen LogP) is 2.15. The lowest BCUT2D eigenvalue weighted by molar-refractivity contribution is -0.141. The van der Waals surface area contributed by atoms with E-state index < -0.39 is 17.8 Å². The number of hydrogen-bond acceptors (Lipinski definition) is 7. The average Bonchev–Trinajstić information content (AvgIpc) is 3.28. The van der Waals surface area contributed by atoms with Gasteiger partial charge >= 0.3 is 6.18 Å². The number of ether oxygens (including phenoxy) is 2. The molecule has 9 nitrogen and oxygen atoms in total. The van der Waals surface area contributed by atoms with Crippen LogP contribution in [-0.4, -0.2) is 44.8 Å². The fourth-order valence-electron chi connectivity index (χ4n) is 2.87. The Morgan fingerprint density at radius 3 is 2.93 bits per heavy atom. The van der Waals surface area contributed by atoms with Gasteiger partial charge in [-0.25, -0.2) is 9.50 Å². The van der Waals surface area contributed by atoms with Gasteiger partial charge in [0.15, 0.2) is 11.5 Å². The summed E-state index contributed by atoms with van der Waals surface area (Å²) in [5.74, 6) is -0.697. The molecule has 152 valence electrons. The summed E-state index contributed by atoms with van der Waals surface area (Å²) >= 11 is 0. The van der Waals surface area contributed by atoms with E-state index in [2.05, 4.69) is 20.4 Å². The van der Waals surface area contributed by atoms with Crippen LogP contribution < -0.4 is 15.8 Å². The van der Waals surface area contributed by atoms with Gasteiger partial charge in [-0.1, -0.05) is 0 Å². The molecule has 4 heterocycles. The van der Waals surface area contributed by atoms with Gasteiger partial charge in [-0.2, -0.15) is 13.2 Å². The third kappa shape index (κ3) is 3.78. The van der Waals surface area contributed by atoms with E-state index in [9.17, 15) is 18.0 Å². The summed E-state index contributed by atoms with van der Waals surface area (Å²) in [5, 5.41) is 6.40. The molecule has 1 fully saturated rings. The molecular weight excluding hydrogens is 393 g/mol. The van der Waals surface area contributed by atoms with Crippen molar-refractivity contribution in [2.45, 2.75) is 18.7 Å². The number of fused-ring (bicyclic) bond motifs is 1. The highest BCUT2D eigenvalue weighted by molar-refractivity contribution is 6.12. The molecule has 12 heteroatoms. The van der Waals surface area contributed by atoms with Crippen LogP contribution in [0.5, 0.6) is 5.75 Å². The number of amides is 1. The Bertz CT molecular complexity index is 1060. The summed E-state index contributed by atoms with van der Waals surface area (Å²) in [4.78, 5) is 20.2. The highest BCUT2D eigenvalue weighted by atomic mass is 19.4. The minimum Gasteiger partial charge on any atom is -0.486 e. The monoisotopic (exact) mass is 408 g/mol. The van der Waals surface area contributed by atoms with Crippen molar-refractivity contribution >= 4 is 23.1 Å². The molecule has 1 aliphatic heterocycles. The lowest BCUT2D eigenvalue weighted by atomic mass is 10.2. The van der Waals surface area contributed by atoms with E-state index in [1.807, 2.05) is 0 Å². The molecule has 3 N–H and O–H groups in total. The Hall–Kier alpha value is -3.41. The Kier molecular flexibility index (Phi) is 4.70. The van der Waals surface area contributed by atoms with E-state index in [0.29, 0.717) is 25.4 Å². The molecule has 0 saturated carbocycles. The van der Waals surface area contributed by atoms with Crippen LogP contribution in [-0.2, 0) is 10.9 Å². The van der Waals surface area contributed by atoms with Crippen LogP contribution in [0.15, 0.2) is 30.7 Å². The second kappa shape index (κ2) is 7.20. The van der Waals surface area contributed by atoms with E-state index >= 15 is 0 Å². The number of carbonyl (C=O) groups excluding carboxylic acids is 1. The normalized spacial score (nSPS) is 16.9. The molecule has 3 aromatic heterocycles. The Balaban J connectivity index is 1.65. The second-order valence-electron chi connectivity index (χ2n) is 6.27. The van der Waals surface area contributed by atoms with Crippen molar-refractivity contribution in [1.82, 2.24) is 19.6 Å². The molecule has 1 amide bonds. The van der Waals surface area contributed by atoms with E-state index in [1.165, 1.54) is 12.4 Å². The lowest BCUT2D eigenvalue weighted by Gasteiger charge is -2.15. The first-order chi connectivity index (χ1) is 13.8. The van der Waals surface area contributed by atoms with Crippen molar-refractivity contribution in [3.63, 3.8) is 0 Å². The molecule has 1 aliphatic rings. The smallest absolute Gasteiger partial charge is 0.433 e. The van der Waals surface area contributed by atoms with Crippen LogP contribution in [0.25, 0.3) is 5.65 Å². The Morgan fingerprint density at radius 2 is 2.21 bits per heavy atom. The van der Waals surface area contributed by atoms with Gasteiger partial charge < -0.3 is 20.5 Å². The summed E-state index contributed by atoms with van der Waals surface area (Å²) < 4.78 is 51.0. The number of halogens is 3. The molecule has 0 aromatic carbocycles. The van der Waals surface area contributed by atoms with Crippen LogP contribution >= 0.6 is 0 Å². The number of nitrogens with zero attached hydrogens (tertiary/aromatic N) is 4. The van der Waals surface area contributed by atoms with Crippen LogP contribution in [0.2, 0.25) is 0 Å². The van der Waals surface area contributed by atoms with Crippen molar-refractivity contribution in [1.29, 1.82) is 0 Å². The van der Waals surface area contributed by atoms with Gasteiger partial charge in [0.05, 0.1) is 19.4 Å². The zero-order chi connectivity index (χ0) is 20.6. The highest BCUT2D eigenvalue weighted by Gasteiger charge is 2.34. The number of carbonyl (C=O) groups is 1. The van der Waals surface area contributed by atoms with Crippen molar-refractivity contribution in [3.05, 3.63) is 42.0 Å². The fourth-order valence-corrected chi connectivity index (χ4v) is 2.87. The van der Waals surface area contributed by atoms with Gasteiger partial charge in [0, 0.05) is 24.9 Å². The first-order valence-corrected chi connectivity index (χ1v) is 8.55. The third-order valence-corrected chi connectivity index (χ3v) is 4.24. The van der Waals surface area contributed by atoms with Crippen LogP contribution in [0, 0.1) is 0 Å². The zero-order valence-corrected chi connectivity index (χ0v) is 14.8. The minimum atomic E-state index is -4.68. The standard InChI is InChI=1S/C17H15F3N6O3/c18-17(19,20)12-2-5-26-15(24-12)13(14(21)25-26)16(27)23-10-7-22-4-1-11(10)29-9-3-6-28-8-9/h1-2,4-5,7,9H,3,6,8H2,(H2,21,25)(H,23,27)/t9-/m0/s1. The van der Waals surface area contributed by atoms with Gasteiger partial charge in [0.1, 0.15) is 28.8 Å². The van der Waals surface area contributed by atoms with Crippen LogP contribution in [0.4, 0.5) is 24.7 Å². The third-order valence-electron chi connectivity index (χ3n) is 4.24. The second-order valence-corrected chi connectivity index (χ2v) is 6.27. The molecule has 1 saturated heterocycles. The highest BCUT2D eigenvalue weighted by Crippen LogP contribution is 2.30. The van der Waals surface area contributed by atoms with Crippen molar-refractivity contribution in [2.24, 2.45) is 0 Å². The summed E-state index contributed by atoms with van der Waals surface area (Å²) in [5.41, 5.74) is 4.23. The van der Waals surface area contributed by atoms with Gasteiger partial charge in [0.2, 0.25) is 0 Å². The molecule has 0 unspecified atom stereocenters. The van der Waals surface area contributed by atoms with E-state index in [1.54, 1.807) is 6.07 Å². The first kappa shape index (κ1) is 18.9. The SMILES string of the molecule is Nc1nn2ccc(C(F)(F)F)nc2c1C(=O)Nc1cnccc1O[C@H]1CCOC1. The van der Waals surface area contributed by atoms with Gasteiger partial charge in [-0.05, 0) is 6.07 Å². The number of nitrogens with one attached hydrogen (secondary N) is 1. The molecule has 3 aromatic rings. The Morgan fingerprint density at radius 1 is 1.38 bits per heavy atom. The maximum absolute atomic E-state index is 13.0. The van der Waals surface area contributed by atoms with E-state index in [4.69, 9.17) is 15.2 Å². The summed E-state index contributed by atoms with van der Waals surface area (Å²) in [6.45, 7) is 0.991. The number of nitrogen functional groups attached to an aromatic ring is 1. The van der Waals surface area contributed by atoms with Gasteiger partial charge in [0.25, 0.3) is 5.91 Å². The van der Waals surface area contributed by atoms with E-state index in [0.717, 1.165) is 16.8 Å². The molecular formula is C17H15F3N6O3. The molecule has 29 heavy (non-hydrogen) atoms. The number of anilines is 2. The minimum absolute atomic E-state index is 0.175. The molecule has 0 spiro atoms. The molecule has 0 aliphatic carbocycles. The fraction of sp³-hybridized carbons (Fsp3) is 0.294. The van der Waals surface area contributed by atoms with Crippen molar-refractivity contribution in [3.8, 4) is 5.75 Å². The van der Waals surface area contributed by atoms with Crippen molar-refractivity contribution < 1.29 is 27.4 Å². The maximum Gasteiger partial charge on any atom is 0.433 e. The summed E-state index contributed by atoms with van der Waals surface area (Å²) in [6.07, 6.45) is -0.271. The molecule has 1 atom stereocenters. The molecule has 4 rings (SSSR count). The zero-order valence-electron chi connectivity index (χ0n) is 14.8. The first-order valence-electron chi connectivity index (χ1n) is 8.55. The molecule has 0 bridgehead atoms. The number of aromatic nitrogens is 4. The van der Waals surface area contributed by atoms with Crippen LogP contribution in [0.3, 0.4) is 0 Å². The average molecular weight is 408 g/mol. The Labute approximate surface area is 161 Å². The number of alkyl halides is 3. The lowest BCUT2D eigenvalue weighted by Crippen LogP contribution is -2.19. The molecule has 0 radical (unpaired) electrons. The van der Waals surface area contributed by atoms with Crippen molar-refractivity contribution in [2.75, 3.05) is 24.3 Å². The van der Waals surface area contributed by atoms with E-state index in [-0.39, 0.29) is 28.8 Å².